The third-order valence-corrected chi connectivity index (χ3v) is 2.77. The van der Waals surface area contributed by atoms with Gasteiger partial charge in [-0.3, -0.25) is 14.9 Å². The minimum Gasteiger partial charge on any atom is -0.480 e. The molecule has 0 bridgehead atoms. The fraction of sp³-hybridized carbons (Fsp3) is 0.833. The van der Waals surface area contributed by atoms with Gasteiger partial charge in [-0.1, -0.05) is 27.2 Å². The molecule has 0 heterocycles. The molecule has 0 aliphatic carbocycles. The maximum atomic E-state index is 11.5. The van der Waals surface area contributed by atoms with E-state index in [1.54, 1.807) is 0 Å². The first-order valence-corrected chi connectivity index (χ1v) is 6.14. The van der Waals surface area contributed by atoms with Gasteiger partial charge >= 0.3 is 5.97 Å². The van der Waals surface area contributed by atoms with Gasteiger partial charge < -0.3 is 10.4 Å². The zero-order valence-electron chi connectivity index (χ0n) is 11.5. The lowest BCUT2D eigenvalue weighted by atomic mass is 10.1. The number of hydrogen-bond acceptors (Lipinski definition) is 3. The maximum absolute atomic E-state index is 11.5. The second-order valence-corrected chi connectivity index (χ2v) is 4.66. The molecule has 0 saturated heterocycles. The van der Waals surface area contributed by atoms with Gasteiger partial charge in [-0.05, 0) is 19.3 Å². The highest BCUT2D eigenvalue weighted by atomic mass is 35.5. The Morgan fingerprint density at radius 3 is 2.17 bits per heavy atom. The van der Waals surface area contributed by atoms with E-state index in [-0.39, 0.29) is 30.9 Å². The number of carboxylic acid groups (broad SMARTS) is 1. The number of halogens is 1. The SMILES string of the molecule is CCCC(NCC(=O)NC(C)C(C)C)C(=O)O.Cl. The van der Waals surface area contributed by atoms with E-state index in [1.165, 1.54) is 0 Å². The van der Waals surface area contributed by atoms with Crippen molar-refractivity contribution in [1.29, 1.82) is 0 Å². The van der Waals surface area contributed by atoms with Crippen molar-refractivity contribution >= 4 is 24.3 Å². The number of carbonyl (C=O) groups excluding carboxylic acids is 1. The highest BCUT2D eigenvalue weighted by molar-refractivity contribution is 5.85. The highest BCUT2D eigenvalue weighted by Gasteiger charge is 2.17. The van der Waals surface area contributed by atoms with Gasteiger partial charge in [0, 0.05) is 6.04 Å². The predicted octanol–water partition coefficient (Wildman–Crippen LogP) is 1.41. The van der Waals surface area contributed by atoms with Gasteiger partial charge in [0.25, 0.3) is 0 Å². The van der Waals surface area contributed by atoms with Crippen LogP contribution in [-0.4, -0.2) is 35.6 Å². The number of carbonyl (C=O) groups is 2. The topological polar surface area (TPSA) is 78.4 Å². The molecule has 0 aromatic carbocycles. The fourth-order valence-corrected chi connectivity index (χ4v) is 1.29. The van der Waals surface area contributed by atoms with Gasteiger partial charge in [-0.25, -0.2) is 0 Å². The van der Waals surface area contributed by atoms with E-state index < -0.39 is 12.0 Å². The lowest BCUT2D eigenvalue weighted by Gasteiger charge is -2.19. The first-order valence-electron chi connectivity index (χ1n) is 6.14. The van der Waals surface area contributed by atoms with Gasteiger partial charge in [0.2, 0.25) is 5.91 Å². The molecule has 18 heavy (non-hydrogen) atoms. The van der Waals surface area contributed by atoms with Crippen molar-refractivity contribution in [1.82, 2.24) is 10.6 Å². The van der Waals surface area contributed by atoms with Crippen LogP contribution in [0.4, 0.5) is 0 Å². The van der Waals surface area contributed by atoms with E-state index in [9.17, 15) is 9.59 Å². The van der Waals surface area contributed by atoms with Crippen LogP contribution in [-0.2, 0) is 9.59 Å². The van der Waals surface area contributed by atoms with Crippen LogP contribution in [0, 0.1) is 5.92 Å². The van der Waals surface area contributed by atoms with E-state index in [4.69, 9.17) is 5.11 Å². The van der Waals surface area contributed by atoms with E-state index in [1.807, 2.05) is 27.7 Å². The Labute approximate surface area is 115 Å². The van der Waals surface area contributed by atoms with E-state index >= 15 is 0 Å². The number of amides is 1. The molecule has 0 aliphatic heterocycles. The molecular weight excluding hydrogens is 256 g/mol. The van der Waals surface area contributed by atoms with Crippen LogP contribution in [0.3, 0.4) is 0 Å². The van der Waals surface area contributed by atoms with Gasteiger partial charge in [0.05, 0.1) is 6.54 Å². The highest BCUT2D eigenvalue weighted by Crippen LogP contribution is 1.99. The Kier molecular flexibility index (Phi) is 11.0. The molecule has 0 spiro atoms. The van der Waals surface area contributed by atoms with Crippen molar-refractivity contribution in [2.75, 3.05) is 6.54 Å². The summed E-state index contributed by atoms with van der Waals surface area (Å²) in [6, 6.07) is -0.543. The van der Waals surface area contributed by atoms with Crippen LogP contribution < -0.4 is 10.6 Å². The van der Waals surface area contributed by atoms with E-state index in [0.29, 0.717) is 12.3 Å². The van der Waals surface area contributed by atoms with Crippen LogP contribution in [0.1, 0.15) is 40.5 Å². The standard InChI is InChI=1S/C12H24N2O3.ClH/c1-5-6-10(12(16)17)13-7-11(15)14-9(4)8(2)3;/h8-10,13H,5-7H2,1-4H3,(H,14,15)(H,16,17);1H. The summed E-state index contributed by atoms with van der Waals surface area (Å²) in [6.07, 6.45) is 1.30. The molecule has 0 rings (SSSR count). The molecule has 0 aromatic rings. The van der Waals surface area contributed by atoms with Crippen molar-refractivity contribution in [2.45, 2.75) is 52.6 Å². The van der Waals surface area contributed by atoms with E-state index in [0.717, 1.165) is 6.42 Å². The molecular formula is C12H25ClN2O3. The number of nitrogens with one attached hydrogen (secondary N) is 2. The molecule has 0 aromatic heterocycles. The zero-order chi connectivity index (χ0) is 13.4. The molecule has 3 N–H and O–H groups in total. The van der Waals surface area contributed by atoms with Crippen LogP contribution >= 0.6 is 12.4 Å². The maximum Gasteiger partial charge on any atom is 0.320 e. The Bertz CT molecular complexity index is 260. The van der Waals surface area contributed by atoms with E-state index in [2.05, 4.69) is 10.6 Å². The molecule has 5 nitrogen and oxygen atoms in total. The Morgan fingerprint density at radius 2 is 1.78 bits per heavy atom. The minimum atomic E-state index is -0.906. The van der Waals surface area contributed by atoms with Crippen LogP contribution in [0.2, 0.25) is 0 Å². The van der Waals surface area contributed by atoms with Gasteiger partial charge in [0.1, 0.15) is 6.04 Å². The molecule has 2 atom stereocenters. The van der Waals surface area contributed by atoms with Crippen molar-refractivity contribution in [3.63, 3.8) is 0 Å². The quantitative estimate of drug-likeness (QED) is 0.628. The predicted molar refractivity (Wildman–Crippen MR) is 74.0 cm³/mol. The zero-order valence-corrected chi connectivity index (χ0v) is 12.3. The second kappa shape index (κ2) is 10.1. The van der Waals surface area contributed by atoms with Crippen molar-refractivity contribution in [3.05, 3.63) is 0 Å². The summed E-state index contributed by atoms with van der Waals surface area (Å²) < 4.78 is 0. The molecule has 0 fully saturated rings. The summed E-state index contributed by atoms with van der Waals surface area (Å²) in [6.45, 7) is 7.95. The lowest BCUT2D eigenvalue weighted by Crippen LogP contribution is -2.46. The number of hydrogen-bond donors (Lipinski definition) is 3. The third kappa shape index (κ3) is 8.31. The Balaban J connectivity index is 0. The van der Waals surface area contributed by atoms with Crippen molar-refractivity contribution in [3.8, 4) is 0 Å². The smallest absolute Gasteiger partial charge is 0.320 e. The Morgan fingerprint density at radius 1 is 1.22 bits per heavy atom. The third-order valence-electron chi connectivity index (χ3n) is 2.77. The lowest BCUT2D eigenvalue weighted by molar-refractivity contribution is -0.139. The second-order valence-electron chi connectivity index (χ2n) is 4.66. The first kappa shape index (κ1) is 19.5. The average Bonchev–Trinajstić information content (AvgIpc) is 2.23. The minimum absolute atomic E-state index is 0. The molecule has 108 valence electrons. The number of carboxylic acids is 1. The van der Waals surface area contributed by atoms with Crippen LogP contribution in [0.25, 0.3) is 0 Å². The molecule has 2 unspecified atom stereocenters. The largest absolute Gasteiger partial charge is 0.480 e. The van der Waals surface area contributed by atoms with Crippen molar-refractivity contribution in [2.24, 2.45) is 5.92 Å². The normalized spacial score (nSPS) is 13.6. The Hall–Kier alpha value is -0.810. The van der Waals surface area contributed by atoms with Crippen LogP contribution in [0.5, 0.6) is 0 Å². The summed E-state index contributed by atoms with van der Waals surface area (Å²) in [4.78, 5) is 22.4. The molecule has 0 radical (unpaired) electrons. The first-order chi connectivity index (χ1) is 7.88. The summed E-state index contributed by atoms with van der Waals surface area (Å²) in [5.41, 5.74) is 0. The summed E-state index contributed by atoms with van der Waals surface area (Å²) in [5.74, 6) is -0.699. The monoisotopic (exact) mass is 280 g/mol. The summed E-state index contributed by atoms with van der Waals surface area (Å²) in [7, 11) is 0. The van der Waals surface area contributed by atoms with Gasteiger partial charge in [-0.2, -0.15) is 0 Å². The summed E-state index contributed by atoms with van der Waals surface area (Å²) >= 11 is 0. The van der Waals surface area contributed by atoms with Gasteiger partial charge in [-0.15, -0.1) is 12.4 Å². The number of aliphatic carboxylic acids is 1. The van der Waals surface area contributed by atoms with Crippen LogP contribution in [0.15, 0.2) is 0 Å². The summed E-state index contributed by atoms with van der Waals surface area (Å²) in [5, 5.41) is 14.5. The molecule has 0 aliphatic rings. The molecule has 0 saturated carbocycles. The van der Waals surface area contributed by atoms with Gasteiger partial charge in [0.15, 0.2) is 0 Å². The average molecular weight is 281 g/mol. The molecule has 6 heteroatoms. The fourth-order valence-electron chi connectivity index (χ4n) is 1.29. The number of rotatable bonds is 8. The molecule has 1 amide bonds. The van der Waals surface area contributed by atoms with Crippen molar-refractivity contribution < 1.29 is 14.7 Å².